The Hall–Kier alpha value is -0.620. The maximum absolute atomic E-state index is 11.9. The molecule has 1 aliphatic rings. The summed E-state index contributed by atoms with van der Waals surface area (Å²) in [6.07, 6.45) is 0.412. The van der Waals surface area contributed by atoms with Gasteiger partial charge < -0.3 is 4.84 Å². The Morgan fingerprint density at radius 3 is 2.93 bits per heavy atom. The Morgan fingerprint density at radius 2 is 2.27 bits per heavy atom. The van der Waals surface area contributed by atoms with E-state index in [1.54, 1.807) is 12.1 Å². The number of halogens is 1. The average Bonchev–Trinajstić information content (AvgIpc) is 2.39. The molecule has 1 unspecified atom stereocenters. The van der Waals surface area contributed by atoms with Gasteiger partial charge in [-0.3, -0.25) is 0 Å². The van der Waals surface area contributed by atoms with Crippen LogP contribution in [0.25, 0.3) is 0 Å². The van der Waals surface area contributed by atoms with Gasteiger partial charge in [0.25, 0.3) is 0 Å². The predicted octanol–water partition coefficient (Wildman–Crippen LogP) is 0.929. The molecule has 1 aromatic rings. The van der Waals surface area contributed by atoms with E-state index in [1.807, 2.05) is 0 Å². The lowest BCUT2D eigenvalue weighted by molar-refractivity contribution is 0.138. The molecule has 4 nitrogen and oxygen atoms in total. The minimum absolute atomic E-state index is 0.00856. The molecule has 0 aliphatic carbocycles. The Kier molecular flexibility index (Phi) is 2.72. The summed E-state index contributed by atoms with van der Waals surface area (Å²) < 4.78 is 23.8. The van der Waals surface area contributed by atoms with Crippen LogP contribution in [0, 0.1) is 0 Å². The second-order valence-electron chi connectivity index (χ2n) is 3.46. The molecule has 6 heteroatoms. The molecule has 0 spiro atoms. The molecule has 0 radical (unpaired) electrons. The monoisotopic (exact) mass is 247 g/mol. The van der Waals surface area contributed by atoms with Crippen molar-refractivity contribution in [3.05, 3.63) is 28.8 Å². The third-order valence-corrected chi connectivity index (χ3v) is 4.92. The first-order valence-corrected chi connectivity index (χ1v) is 6.32. The average molecular weight is 248 g/mol. The molecule has 82 valence electrons. The fourth-order valence-electron chi connectivity index (χ4n) is 1.78. The molecule has 1 heterocycles. The fraction of sp³-hybridized carbons (Fsp3) is 0.333. The number of nitrogens with two attached hydrogens (primary N) is 1. The van der Waals surface area contributed by atoms with Crippen molar-refractivity contribution >= 4 is 21.4 Å². The zero-order valence-electron chi connectivity index (χ0n) is 7.81. The summed E-state index contributed by atoms with van der Waals surface area (Å²) in [6.45, 7) is 0.00856. The van der Waals surface area contributed by atoms with Gasteiger partial charge in [0.2, 0.25) is 0 Å². The number of benzene rings is 1. The van der Waals surface area contributed by atoms with Crippen LogP contribution in [-0.2, 0) is 21.1 Å². The molecule has 0 bridgehead atoms. The van der Waals surface area contributed by atoms with Crippen LogP contribution >= 0.6 is 11.6 Å². The van der Waals surface area contributed by atoms with Gasteiger partial charge in [-0.15, -0.1) is 0 Å². The summed E-state index contributed by atoms with van der Waals surface area (Å²) in [4.78, 5) is 4.75. The number of hydrogen-bond donors (Lipinski definition) is 1. The highest BCUT2D eigenvalue weighted by molar-refractivity contribution is 7.92. The van der Waals surface area contributed by atoms with Crippen LogP contribution in [0.15, 0.2) is 23.1 Å². The van der Waals surface area contributed by atoms with E-state index < -0.39 is 15.1 Å². The van der Waals surface area contributed by atoms with Gasteiger partial charge in [-0.1, -0.05) is 11.6 Å². The van der Waals surface area contributed by atoms with Crippen molar-refractivity contribution in [2.24, 2.45) is 5.90 Å². The summed E-state index contributed by atoms with van der Waals surface area (Å²) in [5.41, 5.74) is 0.740. The number of hydrogen-bond acceptors (Lipinski definition) is 4. The first kappa shape index (κ1) is 10.9. The van der Waals surface area contributed by atoms with Crippen LogP contribution in [0.1, 0.15) is 5.56 Å². The van der Waals surface area contributed by atoms with Gasteiger partial charge in [-0.05, 0) is 30.2 Å². The van der Waals surface area contributed by atoms with Crippen LogP contribution < -0.4 is 5.90 Å². The first-order chi connectivity index (χ1) is 7.05. The first-order valence-electron chi connectivity index (χ1n) is 4.39. The third-order valence-electron chi connectivity index (χ3n) is 2.50. The highest BCUT2D eigenvalue weighted by Crippen LogP contribution is 2.32. The van der Waals surface area contributed by atoms with Crippen molar-refractivity contribution in [1.82, 2.24) is 0 Å². The molecule has 1 atom stereocenters. The minimum Gasteiger partial charge on any atom is -0.303 e. The Bertz CT molecular complexity index is 486. The zero-order chi connectivity index (χ0) is 11.1. The number of sulfone groups is 1. The quantitative estimate of drug-likeness (QED) is 0.790. The Balaban J connectivity index is 2.48. The van der Waals surface area contributed by atoms with Gasteiger partial charge in [0, 0.05) is 5.02 Å². The Morgan fingerprint density at radius 1 is 1.53 bits per heavy atom. The van der Waals surface area contributed by atoms with Gasteiger partial charge in [-0.2, -0.15) is 0 Å². The van der Waals surface area contributed by atoms with Crippen LogP contribution in [0.2, 0.25) is 5.02 Å². The molecular formula is C9H10ClNO3S. The lowest BCUT2D eigenvalue weighted by Crippen LogP contribution is -2.24. The smallest absolute Gasteiger partial charge is 0.184 e. The van der Waals surface area contributed by atoms with Crippen molar-refractivity contribution in [3.63, 3.8) is 0 Å². The van der Waals surface area contributed by atoms with Crippen LogP contribution in [-0.4, -0.2) is 20.3 Å². The van der Waals surface area contributed by atoms with Gasteiger partial charge in [0.15, 0.2) is 9.84 Å². The molecule has 1 aromatic carbocycles. The molecule has 0 amide bonds. The largest absolute Gasteiger partial charge is 0.303 e. The van der Waals surface area contributed by atoms with Crippen LogP contribution in [0.5, 0.6) is 0 Å². The lowest BCUT2D eigenvalue weighted by atomic mass is 10.1. The molecule has 0 aromatic heterocycles. The summed E-state index contributed by atoms with van der Waals surface area (Å²) >= 11 is 5.79. The molecular weight excluding hydrogens is 238 g/mol. The van der Waals surface area contributed by atoms with E-state index in [0.717, 1.165) is 5.56 Å². The van der Waals surface area contributed by atoms with Gasteiger partial charge in [-0.25, -0.2) is 14.3 Å². The summed E-state index contributed by atoms with van der Waals surface area (Å²) in [5, 5.41) is -0.0470. The van der Waals surface area contributed by atoms with E-state index in [2.05, 4.69) is 4.84 Å². The summed E-state index contributed by atoms with van der Waals surface area (Å²) in [5.74, 6) is 4.90. The molecule has 0 fully saturated rings. The highest BCUT2D eigenvalue weighted by Gasteiger charge is 2.36. The number of rotatable bonds is 2. The van der Waals surface area contributed by atoms with Crippen molar-refractivity contribution in [1.29, 1.82) is 0 Å². The molecule has 0 saturated heterocycles. The third kappa shape index (κ3) is 1.76. The van der Waals surface area contributed by atoms with Crippen molar-refractivity contribution in [3.8, 4) is 0 Å². The standard InChI is InChI=1S/C9H10ClNO3S/c10-7-1-2-9-6(3-7)4-8(5-14-11)15(9,12)13/h1-3,8H,4-5,11H2. The van der Waals surface area contributed by atoms with E-state index in [1.165, 1.54) is 6.07 Å². The van der Waals surface area contributed by atoms with Gasteiger partial charge in [0.05, 0.1) is 16.8 Å². The van der Waals surface area contributed by atoms with E-state index in [0.29, 0.717) is 16.3 Å². The second kappa shape index (κ2) is 3.75. The maximum atomic E-state index is 11.9. The predicted molar refractivity (Wildman–Crippen MR) is 56.3 cm³/mol. The highest BCUT2D eigenvalue weighted by atomic mass is 35.5. The maximum Gasteiger partial charge on any atom is 0.184 e. The van der Waals surface area contributed by atoms with Gasteiger partial charge >= 0.3 is 0 Å². The molecule has 0 saturated carbocycles. The van der Waals surface area contributed by atoms with E-state index >= 15 is 0 Å². The zero-order valence-corrected chi connectivity index (χ0v) is 9.38. The van der Waals surface area contributed by atoms with Crippen molar-refractivity contribution in [2.75, 3.05) is 6.61 Å². The van der Waals surface area contributed by atoms with E-state index in [4.69, 9.17) is 17.5 Å². The van der Waals surface area contributed by atoms with E-state index in [-0.39, 0.29) is 6.61 Å². The van der Waals surface area contributed by atoms with Crippen LogP contribution in [0.3, 0.4) is 0 Å². The fourth-order valence-corrected chi connectivity index (χ4v) is 3.75. The normalized spacial score (nSPS) is 22.7. The van der Waals surface area contributed by atoms with E-state index in [9.17, 15) is 8.42 Å². The minimum atomic E-state index is -3.29. The second-order valence-corrected chi connectivity index (χ2v) is 6.09. The van der Waals surface area contributed by atoms with Crippen molar-refractivity contribution < 1.29 is 13.3 Å². The lowest BCUT2D eigenvalue weighted by Gasteiger charge is -2.06. The van der Waals surface area contributed by atoms with Gasteiger partial charge in [0.1, 0.15) is 0 Å². The van der Waals surface area contributed by atoms with Crippen molar-refractivity contribution in [2.45, 2.75) is 16.6 Å². The van der Waals surface area contributed by atoms with Crippen LogP contribution in [0.4, 0.5) is 0 Å². The summed E-state index contributed by atoms with van der Waals surface area (Å²) in [7, 11) is -3.29. The summed E-state index contributed by atoms with van der Waals surface area (Å²) in [6, 6.07) is 4.78. The molecule has 2 N–H and O–H groups in total. The number of fused-ring (bicyclic) bond motifs is 1. The molecule has 2 rings (SSSR count). The topological polar surface area (TPSA) is 69.4 Å². The molecule has 1 aliphatic heterocycles. The molecule has 15 heavy (non-hydrogen) atoms. The Labute approximate surface area is 92.9 Å². The SMILES string of the molecule is NOCC1Cc2cc(Cl)ccc2S1(=O)=O.